The van der Waals surface area contributed by atoms with E-state index >= 15 is 0 Å². The SMILES string of the molecule is CCCCCCC(C)OPOC. The molecule has 0 fully saturated rings. The Balaban J connectivity index is 3.02. The Morgan fingerprint density at radius 1 is 1.25 bits per heavy atom. The molecule has 0 aliphatic rings. The summed E-state index contributed by atoms with van der Waals surface area (Å²) in [6.45, 7) is 4.34. The van der Waals surface area contributed by atoms with Crippen molar-refractivity contribution < 1.29 is 9.05 Å². The Morgan fingerprint density at radius 2 is 2.00 bits per heavy atom. The van der Waals surface area contributed by atoms with E-state index in [2.05, 4.69) is 13.8 Å². The van der Waals surface area contributed by atoms with Gasteiger partial charge in [-0.15, -0.1) is 0 Å². The molecule has 0 saturated carbocycles. The Bertz CT molecular complexity index is 88.6. The van der Waals surface area contributed by atoms with E-state index in [1.807, 2.05) is 0 Å². The molecule has 0 radical (unpaired) electrons. The van der Waals surface area contributed by atoms with Crippen LogP contribution in [0.3, 0.4) is 0 Å². The van der Waals surface area contributed by atoms with Crippen molar-refractivity contribution in [2.75, 3.05) is 7.11 Å². The van der Waals surface area contributed by atoms with E-state index in [0.29, 0.717) is 6.10 Å². The maximum atomic E-state index is 5.38. The molecule has 0 spiro atoms. The van der Waals surface area contributed by atoms with Gasteiger partial charge in [0.05, 0.1) is 6.10 Å². The van der Waals surface area contributed by atoms with Crippen LogP contribution in [0.4, 0.5) is 0 Å². The zero-order chi connectivity index (χ0) is 9.23. The number of unbranched alkanes of at least 4 members (excludes halogenated alkanes) is 3. The lowest BCUT2D eigenvalue weighted by Gasteiger charge is -2.10. The minimum absolute atomic E-state index is 0.207. The van der Waals surface area contributed by atoms with Crippen molar-refractivity contribution >= 4 is 9.03 Å². The van der Waals surface area contributed by atoms with Crippen LogP contribution in [0.5, 0.6) is 0 Å². The lowest BCUT2D eigenvalue weighted by Crippen LogP contribution is -2.01. The van der Waals surface area contributed by atoms with Gasteiger partial charge in [0.1, 0.15) is 0 Å². The molecule has 0 N–H and O–H groups in total. The molecule has 0 aromatic rings. The first kappa shape index (κ1) is 12.3. The Kier molecular flexibility index (Phi) is 9.71. The van der Waals surface area contributed by atoms with E-state index in [1.54, 1.807) is 7.11 Å². The van der Waals surface area contributed by atoms with Gasteiger partial charge in [0.25, 0.3) is 0 Å². The summed E-state index contributed by atoms with van der Waals surface area (Å²) in [6.07, 6.45) is 6.79. The Labute approximate surface area is 78.0 Å². The van der Waals surface area contributed by atoms with E-state index < -0.39 is 0 Å². The van der Waals surface area contributed by atoms with Crippen LogP contribution in [-0.2, 0) is 9.05 Å². The van der Waals surface area contributed by atoms with Crippen LogP contribution < -0.4 is 0 Å². The third-order valence-corrected chi connectivity index (χ3v) is 2.46. The molecule has 12 heavy (non-hydrogen) atoms. The summed E-state index contributed by atoms with van der Waals surface area (Å²) in [5.74, 6) is 0. The fourth-order valence-corrected chi connectivity index (χ4v) is 1.43. The van der Waals surface area contributed by atoms with Gasteiger partial charge in [0, 0.05) is 7.11 Å². The van der Waals surface area contributed by atoms with Crippen LogP contribution in [0.2, 0.25) is 0 Å². The summed E-state index contributed by atoms with van der Waals surface area (Å²) in [6, 6.07) is 0. The maximum Gasteiger partial charge on any atom is 0.155 e. The van der Waals surface area contributed by atoms with Crippen LogP contribution >= 0.6 is 9.03 Å². The molecule has 0 bridgehead atoms. The number of rotatable bonds is 8. The lowest BCUT2D eigenvalue weighted by molar-refractivity contribution is 0.207. The molecule has 2 nitrogen and oxygen atoms in total. The van der Waals surface area contributed by atoms with Crippen molar-refractivity contribution in [1.82, 2.24) is 0 Å². The molecule has 0 rings (SSSR count). The summed E-state index contributed by atoms with van der Waals surface area (Å²) in [7, 11) is 1.88. The van der Waals surface area contributed by atoms with Gasteiger partial charge in [-0.1, -0.05) is 32.6 Å². The highest BCUT2D eigenvalue weighted by molar-refractivity contribution is 7.26. The molecule has 2 atom stereocenters. The zero-order valence-electron chi connectivity index (χ0n) is 8.43. The molecular weight excluding hydrogens is 171 g/mol. The van der Waals surface area contributed by atoms with E-state index in [9.17, 15) is 0 Å². The fraction of sp³-hybridized carbons (Fsp3) is 1.00. The minimum atomic E-state index is 0.207. The molecule has 0 saturated heterocycles. The first-order chi connectivity index (χ1) is 5.81. The van der Waals surface area contributed by atoms with Crippen LogP contribution in [0.1, 0.15) is 46.0 Å². The maximum absolute atomic E-state index is 5.38. The molecule has 0 aromatic carbocycles. The third-order valence-electron chi connectivity index (χ3n) is 1.80. The summed E-state index contributed by atoms with van der Waals surface area (Å²) in [5.41, 5.74) is 0. The topological polar surface area (TPSA) is 18.5 Å². The Hall–Kier alpha value is 0.350. The summed E-state index contributed by atoms with van der Waals surface area (Å²) in [4.78, 5) is 0. The number of hydrogen-bond acceptors (Lipinski definition) is 2. The molecular formula is C9H21O2P. The highest BCUT2D eigenvalue weighted by atomic mass is 31.1. The summed E-state index contributed by atoms with van der Waals surface area (Å²) in [5, 5.41) is 0. The molecule has 0 aromatic heterocycles. The van der Waals surface area contributed by atoms with Gasteiger partial charge >= 0.3 is 0 Å². The molecule has 0 heterocycles. The van der Waals surface area contributed by atoms with E-state index in [0.717, 1.165) is 6.42 Å². The first-order valence-electron chi connectivity index (χ1n) is 4.74. The normalized spacial score (nSPS) is 14.2. The average molecular weight is 192 g/mol. The van der Waals surface area contributed by atoms with Crippen molar-refractivity contribution in [3.63, 3.8) is 0 Å². The molecule has 0 aliphatic heterocycles. The molecule has 0 amide bonds. The fourth-order valence-electron chi connectivity index (χ4n) is 1.05. The quantitative estimate of drug-likeness (QED) is 0.432. The molecule has 2 unspecified atom stereocenters. The van der Waals surface area contributed by atoms with Crippen LogP contribution in [0.15, 0.2) is 0 Å². The highest BCUT2D eigenvalue weighted by Crippen LogP contribution is 2.18. The van der Waals surface area contributed by atoms with Crippen LogP contribution in [-0.4, -0.2) is 13.2 Å². The van der Waals surface area contributed by atoms with Gasteiger partial charge < -0.3 is 9.05 Å². The van der Waals surface area contributed by atoms with Gasteiger partial charge in [0.2, 0.25) is 0 Å². The second-order valence-electron chi connectivity index (χ2n) is 3.07. The molecule has 3 heteroatoms. The monoisotopic (exact) mass is 192 g/mol. The second kappa shape index (κ2) is 9.44. The van der Waals surface area contributed by atoms with Gasteiger partial charge in [-0.05, 0) is 13.3 Å². The minimum Gasteiger partial charge on any atom is -0.340 e. The van der Waals surface area contributed by atoms with Crippen LogP contribution in [0, 0.1) is 0 Å². The first-order valence-corrected chi connectivity index (χ1v) is 5.56. The summed E-state index contributed by atoms with van der Waals surface area (Å²) < 4.78 is 10.2. The third kappa shape index (κ3) is 8.45. The van der Waals surface area contributed by atoms with Crippen molar-refractivity contribution in [1.29, 1.82) is 0 Å². The number of hydrogen-bond donors (Lipinski definition) is 0. The van der Waals surface area contributed by atoms with E-state index in [-0.39, 0.29) is 9.03 Å². The predicted octanol–water partition coefficient (Wildman–Crippen LogP) is 3.52. The van der Waals surface area contributed by atoms with Gasteiger partial charge in [-0.2, -0.15) is 0 Å². The zero-order valence-corrected chi connectivity index (χ0v) is 9.43. The smallest absolute Gasteiger partial charge is 0.155 e. The second-order valence-corrected chi connectivity index (χ2v) is 3.88. The largest absolute Gasteiger partial charge is 0.340 e. The van der Waals surface area contributed by atoms with Crippen molar-refractivity contribution in [3.05, 3.63) is 0 Å². The average Bonchev–Trinajstić information content (AvgIpc) is 2.09. The van der Waals surface area contributed by atoms with E-state index in [4.69, 9.17) is 9.05 Å². The van der Waals surface area contributed by atoms with Crippen molar-refractivity contribution in [2.45, 2.75) is 52.1 Å². The molecule has 74 valence electrons. The standard InChI is InChI=1S/C9H21O2P/c1-4-5-6-7-8-9(2)11-12-10-3/h9,12H,4-8H2,1-3H3. The lowest BCUT2D eigenvalue weighted by atomic mass is 10.1. The van der Waals surface area contributed by atoms with Gasteiger partial charge in [-0.3, -0.25) is 0 Å². The van der Waals surface area contributed by atoms with Gasteiger partial charge in [0.15, 0.2) is 9.03 Å². The van der Waals surface area contributed by atoms with Crippen molar-refractivity contribution in [2.24, 2.45) is 0 Å². The molecule has 0 aliphatic carbocycles. The van der Waals surface area contributed by atoms with Crippen molar-refractivity contribution in [3.8, 4) is 0 Å². The van der Waals surface area contributed by atoms with Crippen LogP contribution in [0.25, 0.3) is 0 Å². The van der Waals surface area contributed by atoms with E-state index in [1.165, 1.54) is 25.7 Å². The van der Waals surface area contributed by atoms with Gasteiger partial charge in [-0.25, -0.2) is 0 Å². The highest BCUT2D eigenvalue weighted by Gasteiger charge is 2.00. The Morgan fingerprint density at radius 3 is 2.58 bits per heavy atom. The summed E-state index contributed by atoms with van der Waals surface area (Å²) >= 11 is 0. The predicted molar refractivity (Wildman–Crippen MR) is 54.6 cm³/mol.